The number of fused-ring (bicyclic) bond motifs is 1. The number of alkyl carbamates (subject to hydrolysis) is 1. The van der Waals surface area contributed by atoms with Crippen molar-refractivity contribution in [2.24, 2.45) is 0 Å². The zero-order chi connectivity index (χ0) is 38.5. The predicted molar refractivity (Wildman–Crippen MR) is 207 cm³/mol. The highest BCUT2D eigenvalue weighted by atomic mass is 16.6. The van der Waals surface area contributed by atoms with Gasteiger partial charge in [-0.1, -0.05) is 97.1 Å². The Morgan fingerprint density at radius 1 is 0.796 bits per heavy atom. The normalized spacial score (nSPS) is 13.7. The van der Waals surface area contributed by atoms with Crippen LogP contribution in [0.1, 0.15) is 61.3 Å². The number of para-hydroxylation sites is 2. The molecule has 0 spiro atoms. The highest BCUT2D eigenvalue weighted by Crippen LogP contribution is 2.17. The Morgan fingerprint density at radius 3 is 2.07 bits per heavy atom. The van der Waals surface area contributed by atoms with E-state index in [4.69, 9.17) is 4.74 Å². The molecule has 5 aromatic rings. The second-order valence-electron chi connectivity index (χ2n) is 14.2. The Labute approximate surface area is 315 Å². The average molecular weight is 735 g/mol. The van der Waals surface area contributed by atoms with Gasteiger partial charge in [0.1, 0.15) is 17.5 Å². The number of rotatable bonds is 17. The molecule has 0 aliphatic heterocycles. The molecule has 1 aromatic heterocycles. The summed E-state index contributed by atoms with van der Waals surface area (Å²) in [5.74, 6) is 0.112. The number of carbonyl (C=O) groups excluding carboxylic acids is 3. The van der Waals surface area contributed by atoms with Crippen LogP contribution >= 0.6 is 0 Å². The van der Waals surface area contributed by atoms with E-state index >= 15 is 0 Å². The maximum absolute atomic E-state index is 14.0. The van der Waals surface area contributed by atoms with E-state index in [0.717, 1.165) is 33.5 Å². The Hall–Kier alpha value is -5.56. The predicted octanol–water partition coefficient (Wildman–Crippen LogP) is 4.62. The van der Waals surface area contributed by atoms with Crippen LogP contribution in [0.2, 0.25) is 0 Å². The van der Waals surface area contributed by atoms with Crippen molar-refractivity contribution < 1.29 is 29.3 Å². The number of aromatic nitrogens is 2. The van der Waals surface area contributed by atoms with E-state index in [0.29, 0.717) is 24.9 Å². The summed E-state index contributed by atoms with van der Waals surface area (Å²) in [6.07, 6.45) is -1.13. The van der Waals surface area contributed by atoms with Crippen LogP contribution in [-0.4, -0.2) is 68.5 Å². The monoisotopic (exact) mass is 734 g/mol. The molecule has 0 bridgehead atoms. The van der Waals surface area contributed by atoms with E-state index in [-0.39, 0.29) is 25.5 Å². The van der Waals surface area contributed by atoms with Crippen molar-refractivity contribution in [2.45, 2.75) is 83.0 Å². The molecule has 0 fully saturated rings. The number of ether oxygens (including phenoxy) is 1. The van der Waals surface area contributed by atoms with Crippen molar-refractivity contribution in [3.05, 3.63) is 137 Å². The minimum atomic E-state index is -1.41. The first-order valence-corrected chi connectivity index (χ1v) is 18.2. The fourth-order valence-corrected chi connectivity index (χ4v) is 6.01. The van der Waals surface area contributed by atoms with Gasteiger partial charge < -0.3 is 35.9 Å². The van der Waals surface area contributed by atoms with Crippen molar-refractivity contribution in [2.75, 3.05) is 6.61 Å². The van der Waals surface area contributed by atoms with E-state index < -0.39 is 41.8 Å². The average Bonchev–Trinajstić information content (AvgIpc) is 3.59. The van der Waals surface area contributed by atoms with Crippen LogP contribution in [0.25, 0.3) is 11.0 Å². The van der Waals surface area contributed by atoms with Gasteiger partial charge >= 0.3 is 6.09 Å². The first kappa shape index (κ1) is 39.6. The summed E-state index contributed by atoms with van der Waals surface area (Å²) < 4.78 is 5.51. The standard InChI is InChI=1S/C42H50N6O6/c1-42(2,3)54-41(53)48-34(24-28-12-6-4-7-13-28)39(51)38(40(52)47-35(27-49)31-14-8-5-9-15-31)44-26-30-20-18-29(19-21-30)25-43-37(50)23-22-36-45-32-16-10-11-17-33(32)46-36/h4-21,34-35,38-39,44,49,51H,22-27H2,1-3H3,(H,43,50)(H,45,46)(H,47,52)(H,48,53)/t34-,35?,38+,39+/m0/s1. The Kier molecular flexibility index (Phi) is 13.9. The van der Waals surface area contributed by atoms with Gasteiger partial charge in [-0.25, -0.2) is 9.78 Å². The van der Waals surface area contributed by atoms with Gasteiger partial charge in [-0.05, 0) is 61.6 Å². The second-order valence-corrected chi connectivity index (χ2v) is 14.2. The zero-order valence-electron chi connectivity index (χ0n) is 30.9. The number of amides is 3. The van der Waals surface area contributed by atoms with E-state index in [9.17, 15) is 24.6 Å². The van der Waals surface area contributed by atoms with Gasteiger partial charge in [0, 0.05) is 25.9 Å². The largest absolute Gasteiger partial charge is 0.444 e. The smallest absolute Gasteiger partial charge is 0.407 e. The summed E-state index contributed by atoms with van der Waals surface area (Å²) in [4.78, 5) is 47.3. The van der Waals surface area contributed by atoms with Crippen molar-refractivity contribution >= 4 is 28.9 Å². The van der Waals surface area contributed by atoms with Crippen LogP contribution in [-0.2, 0) is 40.3 Å². The molecule has 284 valence electrons. The van der Waals surface area contributed by atoms with E-state index in [1.165, 1.54) is 0 Å². The van der Waals surface area contributed by atoms with Gasteiger partial charge in [-0.15, -0.1) is 0 Å². The molecule has 0 aliphatic carbocycles. The number of benzene rings is 4. The summed E-state index contributed by atoms with van der Waals surface area (Å²) in [7, 11) is 0. The number of aliphatic hydroxyl groups is 2. The van der Waals surface area contributed by atoms with Gasteiger partial charge in [0.2, 0.25) is 11.8 Å². The third-order valence-corrected chi connectivity index (χ3v) is 8.80. The highest BCUT2D eigenvalue weighted by molar-refractivity contribution is 5.83. The van der Waals surface area contributed by atoms with Crippen LogP contribution in [0, 0.1) is 0 Å². The number of carbonyl (C=O) groups is 3. The summed E-state index contributed by atoms with van der Waals surface area (Å²) in [6, 6.07) is 30.8. The number of imidazole rings is 1. The lowest BCUT2D eigenvalue weighted by Crippen LogP contribution is -2.59. The van der Waals surface area contributed by atoms with E-state index in [1.807, 2.05) is 97.1 Å². The molecule has 5 rings (SSSR count). The molecule has 0 radical (unpaired) electrons. The molecule has 7 N–H and O–H groups in total. The third kappa shape index (κ3) is 12.0. The van der Waals surface area contributed by atoms with Crippen LogP contribution in [0.3, 0.4) is 0 Å². The van der Waals surface area contributed by atoms with Crippen LogP contribution in [0.15, 0.2) is 109 Å². The van der Waals surface area contributed by atoms with Crippen molar-refractivity contribution in [3.63, 3.8) is 0 Å². The summed E-state index contributed by atoms with van der Waals surface area (Å²) in [6.45, 7) is 5.41. The van der Waals surface area contributed by atoms with Crippen LogP contribution < -0.4 is 21.3 Å². The number of nitrogens with one attached hydrogen (secondary N) is 5. The molecule has 1 unspecified atom stereocenters. The summed E-state index contributed by atoms with van der Waals surface area (Å²) in [5, 5.41) is 33.9. The molecule has 4 atom stereocenters. The summed E-state index contributed by atoms with van der Waals surface area (Å²) >= 11 is 0. The molecule has 0 aliphatic rings. The number of aliphatic hydroxyl groups excluding tert-OH is 2. The summed E-state index contributed by atoms with van der Waals surface area (Å²) in [5.41, 5.74) is 4.28. The number of H-pyrrole nitrogens is 1. The van der Waals surface area contributed by atoms with Crippen molar-refractivity contribution in [1.82, 2.24) is 31.2 Å². The third-order valence-electron chi connectivity index (χ3n) is 8.80. The number of aromatic amines is 1. The van der Waals surface area contributed by atoms with Gasteiger partial charge in [0.25, 0.3) is 0 Å². The minimum Gasteiger partial charge on any atom is -0.444 e. The fraction of sp³-hybridized carbons (Fsp3) is 0.333. The number of hydrogen-bond donors (Lipinski definition) is 7. The van der Waals surface area contributed by atoms with Crippen LogP contribution in [0.5, 0.6) is 0 Å². The quantitative estimate of drug-likeness (QED) is 0.0724. The molecule has 0 saturated carbocycles. The minimum absolute atomic E-state index is 0.0919. The molecule has 3 amide bonds. The molecule has 54 heavy (non-hydrogen) atoms. The number of aryl methyl sites for hydroxylation is 1. The van der Waals surface area contributed by atoms with Crippen molar-refractivity contribution in [1.29, 1.82) is 0 Å². The molecule has 4 aromatic carbocycles. The second kappa shape index (κ2) is 19.0. The van der Waals surface area contributed by atoms with Gasteiger partial charge in [0.15, 0.2) is 0 Å². The molecular weight excluding hydrogens is 684 g/mol. The molecule has 12 heteroatoms. The molecule has 12 nitrogen and oxygen atoms in total. The van der Waals surface area contributed by atoms with Gasteiger partial charge in [0.05, 0.1) is 35.8 Å². The lowest BCUT2D eigenvalue weighted by atomic mass is 9.95. The SMILES string of the molecule is CC(C)(C)OC(=O)N[C@@H](Cc1ccccc1)[C@@H](O)[C@@H](NCc1ccc(CNC(=O)CCc2nc3ccccc3[nH]2)cc1)C(=O)NC(CO)c1ccccc1. The van der Waals surface area contributed by atoms with Crippen LogP contribution in [0.4, 0.5) is 4.79 Å². The Morgan fingerprint density at radius 2 is 1.43 bits per heavy atom. The molecular formula is C42H50N6O6. The first-order valence-electron chi connectivity index (χ1n) is 18.2. The topological polar surface area (TPSA) is 178 Å². The van der Waals surface area contributed by atoms with Gasteiger partial charge in [-0.2, -0.15) is 0 Å². The number of nitrogens with zero attached hydrogens (tertiary/aromatic N) is 1. The molecule has 0 saturated heterocycles. The fourth-order valence-electron chi connectivity index (χ4n) is 6.01. The Balaban J connectivity index is 1.25. The van der Waals surface area contributed by atoms with Gasteiger partial charge in [-0.3, -0.25) is 14.9 Å². The lowest BCUT2D eigenvalue weighted by molar-refractivity contribution is -0.127. The van der Waals surface area contributed by atoms with E-state index in [2.05, 4.69) is 31.2 Å². The van der Waals surface area contributed by atoms with Crippen molar-refractivity contribution in [3.8, 4) is 0 Å². The highest BCUT2D eigenvalue weighted by Gasteiger charge is 2.35. The lowest BCUT2D eigenvalue weighted by Gasteiger charge is -2.32. The first-order chi connectivity index (χ1) is 26.0. The maximum atomic E-state index is 14.0. The van der Waals surface area contributed by atoms with E-state index in [1.54, 1.807) is 32.9 Å². The molecule has 1 heterocycles. The maximum Gasteiger partial charge on any atom is 0.407 e. The zero-order valence-corrected chi connectivity index (χ0v) is 30.9. The Bertz CT molecular complexity index is 1910. The number of hydrogen-bond acceptors (Lipinski definition) is 8.